The van der Waals surface area contributed by atoms with Gasteiger partial charge in [-0.2, -0.15) is 5.10 Å². The highest BCUT2D eigenvalue weighted by atomic mass is 16.5. The molecule has 0 saturated carbocycles. The largest absolute Gasteiger partial charge is 0.493 e. The van der Waals surface area contributed by atoms with Gasteiger partial charge in [-0.1, -0.05) is 26.3 Å². The Morgan fingerprint density at radius 3 is 2.79 bits per heavy atom. The SMILES string of the molecule is CCCOc1ccc(/C=C/C(=O)O)cc1-c1nc2c(CCC)n[nH]c2c(=O)n1C. The number of nitrogens with zero attached hydrogens (tertiary/aromatic N) is 3. The van der Waals surface area contributed by atoms with Crippen LogP contribution in [0.3, 0.4) is 0 Å². The number of hydrogen-bond donors (Lipinski definition) is 2. The Morgan fingerprint density at radius 2 is 2.10 bits per heavy atom. The van der Waals surface area contributed by atoms with Crippen molar-refractivity contribution in [3.05, 3.63) is 45.9 Å². The maximum Gasteiger partial charge on any atom is 0.328 e. The van der Waals surface area contributed by atoms with Crippen molar-refractivity contribution in [2.75, 3.05) is 6.61 Å². The molecular formula is C21H24N4O4. The van der Waals surface area contributed by atoms with E-state index in [9.17, 15) is 9.59 Å². The standard InChI is InChI=1S/C21H24N4O4/c1-4-6-15-18-19(24-23-15)21(28)25(3)20(22-18)14-12-13(8-10-17(26)27)7-9-16(14)29-11-5-2/h7-10,12H,4-6,11H2,1-3H3,(H,23,24)(H,26,27)/b10-8+. The normalized spacial score (nSPS) is 11.4. The van der Waals surface area contributed by atoms with Gasteiger partial charge in [-0.25, -0.2) is 9.78 Å². The quantitative estimate of drug-likeness (QED) is 0.566. The summed E-state index contributed by atoms with van der Waals surface area (Å²) in [7, 11) is 1.65. The maximum atomic E-state index is 12.9. The van der Waals surface area contributed by atoms with E-state index in [-0.39, 0.29) is 5.56 Å². The zero-order chi connectivity index (χ0) is 21.0. The van der Waals surface area contributed by atoms with Crippen LogP contribution in [0, 0.1) is 0 Å². The van der Waals surface area contributed by atoms with Crippen LogP contribution in [-0.4, -0.2) is 37.4 Å². The monoisotopic (exact) mass is 396 g/mol. The van der Waals surface area contributed by atoms with Crippen molar-refractivity contribution in [1.29, 1.82) is 0 Å². The number of nitrogens with one attached hydrogen (secondary N) is 1. The minimum atomic E-state index is -1.03. The van der Waals surface area contributed by atoms with Crippen LogP contribution in [0.1, 0.15) is 37.9 Å². The minimum absolute atomic E-state index is 0.229. The first-order chi connectivity index (χ1) is 14.0. The Kier molecular flexibility index (Phi) is 6.11. The lowest BCUT2D eigenvalue weighted by Crippen LogP contribution is -2.20. The first kappa shape index (κ1) is 20.3. The first-order valence-electron chi connectivity index (χ1n) is 9.58. The molecule has 0 spiro atoms. The number of ether oxygens (including phenoxy) is 1. The molecule has 1 aromatic carbocycles. The molecule has 8 heteroatoms. The number of benzene rings is 1. The smallest absolute Gasteiger partial charge is 0.328 e. The molecule has 0 amide bonds. The summed E-state index contributed by atoms with van der Waals surface area (Å²) >= 11 is 0. The van der Waals surface area contributed by atoms with Crippen LogP contribution >= 0.6 is 0 Å². The van der Waals surface area contributed by atoms with Crippen LogP contribution in [0.2, 0.25) is 0 Å². The van der Waals surface area contributed by atoms with Gasteiger partial charge in [0.25, 0.3) is 5.56 Å². The summed E-state index contributed by atoms with van der Waals surface area (Å²) in [6, 6.07) is 5.31. The van der Waals surface area contributed by atoms with Crippen LogP contribution in [-0.2, 0) is 18.3 Å². The number of H-pyrrole nitrogens is 1. The lowest BCUT2D eigenvalue weighted by molar-refractivity contribution is -0.131. The molecule has 0 atom stereocenters. The van der Waals surface area contributed by atoms with E-state index in [2.05, 4.69) is 10.2 Å². The van der Waals surface area contributed by atoms with Gasteiger partial charge in [-0.3, -0.25) is 14.5 Å². The van der Waals surface area contributed by atoms with E-state index in [0.29, 0.717) is 46.8 Å². The van der Waals surface area contributed by atoms with E-state index in [1.807, 2.05) is 13.8 Å². The minimum Gasteiger partial charge on any atom is -0.493 e. The maximum absolute atomic E-state index is 12.9. The zero-order valence-electron chi connectivity index (χ0n) is 16.7. The number of carboxylic acid groups (broad SMARTS) is 1. The number of hydrogen-bond acceptors (Lipinski definition) is 5. The van der Waals surface area contributed by atoms with E-state index < -0.39 is 5.97 Å². The predicted molar refractivity (Wildman–Crippen MR) is 111 cm³/mol. The number of aromatic nitrogens is 4. The number of aromatic amines is 1. The van der Waals surface area contributed by atoms with Gasteiger partial charge in [0.1, 0.15) is 22.6 Å². The average molecular weight is 396 g/mol. The number of carboxylic acids is 1. The number of fused-ring (bicyclic) bond motifs is 1. The Bertz CT molecular complexity index is 1130. The Morgan fingerprint density at radius 1 is 1.31 bits per heavy atom. The molecule has 0 unspecified atom stereocenters. The summed E-state index contributed by atoms with van der Waals surface area (Å²) in [5.74, 6) is -0.00736. The van der Waals surface area contributed by atoms with Crippen LogP contribution in [0.5, 0.6) is 5.75 Å². The fraction of sp³-hybridized carbons (Fsp3) is 0.333. The molecule has 2 heterocycles. The molecule has 0 saturated heterocycles. The number of carbonyl (C=O) groups is 1. The van der Waals surface area contributed by atoms with E-state index in [0.717, 1.165) is 24.6 Å². The average Bonchev–Trinajstić information content (AvgIpc) is 3.11. The predicted octanol–water partition coefficient (Wildman–Crippen LogP) is 3.16. The molecule has 152 valence electrons. The number of aryl methyl sites for hydroxylation is 1. The van der Waals surface area contributed by atoms with Crippen LogP contribution < -0.4 is 10.3 Å². The van der Waals surface area contributed by atoms with Crippen LogP contribution in [0.15, 0.2) is 29.1 Å². The van der Waals surface area contributed by atoms with Gasteiger partial charge in [0.05, 0.1) is 17.9 Å². The molecule has 3 aromatic rings. The lowest BCUT2D eigenvalue weighted by Gasteiger charge is -2.14. The molecular weight excluding hydrogens is 372 g/mol. The van der Waals surface area contributed by atoms with E-state index >= 15 is 0 Å². The molecule has 0 aliphatic rings. The van der Waals surface area contributed by atoms with Gasteiger partial charge in [0, 0.05) is 13.1 Å². The molecule has 2 aromatic heterocycles. The highest BCUT2D eigenvalue weighted by Crippen LogP contribution is 2.31. The fourth-order valence-electron chi connectivity index (χ4n) is 3.07. The Labute approximate surface area is 167 Å². The van der Waals surface area contributed by atoms with Crippen molar-refractivity contribution >= 4 is 23.1 Å². The molecule has 3 rings (SSSR count). The van der Waals surface area contributed by atoms with Crippen LogP contribution in [0.25, 0.3) is 28.5 Å². The van der Waals surface area contributed by atoms with Crippen molar-refractivity contribution in [3.8, 4) is 17.1 Å². The lowest BCUT2D eigenvalue weighted by atomic mass is 10.1. The third kappa shape index (κ3) is 4.21. The van der Waals surface area contributed by atoms with Crippen molar-refractivity contribution in [3.63, 3.8) is 0 Å². The summed E-state index contributed by atoms with van der Waals surface area (Å²) in [4.78, 5) is 28.5. The molecule has 0 fully saturated rings. The molecule has 8 nitrogen and oxygen atoms in total. The van der Waals surface area contributed by atoms with Crippen molar-refractivity contribution in [1.82, 2.24) is 19.7 Å². The number of rotatable bonds is 8. The van der Waals surface area contributed by atoms with Gasteiger partial charge in [0.15, 0.2) is 0 Å². The summed E-state index contributed by atoms with van der Waals surface area (Å²) in [6.07, 6.45) is 4.98. The molecule has 29 heavy (non-hydrogen) atoms. The third-order valence-electron chi connectivity index (χ3n) is 4.48. The van der Waals surface area contributed by atoms with Gasteiger partial charge >= 0.3 is 5.97 Å². The Hall–Kier alpha value is -3.42. The van der Waals surface area contributed by atoms with Gasteiger partial charge in [0.2, 0.25) is 0 Å². The summed E-state index contributed by atoms with van der Waals surface area (Å²) in [5.41, 5.74) is 2.74. The Balaban J connectivity index is 2.23. The van der Waals surface area contributed by atoms with Crippen molar-refractivity contribution in [2.24, 2.45) is 7.05 Å². The van der Waals surface area contributed by atoms with E-state index in [4.69, 9.17) is 14.8 Å². The molecule has 0 radical (unpaired) electrons. The van der Waals surface area contributed by atoms with Gasteiger partial charge < -0.3 is 9.84 Å². The summed E-state index contributed by atoms with van der Waals surface area (Å²) < 4.78 is 7.32. The second-order valence-electron chi connectivity index (χ2n) is 6.72. The molecule has 0 bridgehead atoms. The zero-order valence-corrected chi connectivity index (χ0v) is 16.7. The number of aliphatic carboxylic acids is 1. The van der Waals surface area contributed by atoms with Gasteiger partial charge in [-0.05, 0) is 36.6 Å². The molecule has 2 N–H and O–H groups in total. The second kappa shape index (κ2) is 8.72. The van der Waals surface area contributed by atoms with Crippen molar-refractivity contribution in [2.45, 2.75) is 33.1 Å². The molecule has 0 aliphatic carbocycles. The van der Waals surface area contributed by atoms with Crippen LogP contribution in [0.4, 0.5) is 0 Å². The van der Waals surface area contributed by atoms with Gasteiger partial charge in [-0.15, -0.1) is 0 Å². The fourth-order valence-corrected chi connectivity index (χ4v) is 3.07. The summed E-state index contributed by atoms with van der Waals surface area (Å²) in [5, 5.41) is 16.0. The highest BCUT2D eigenvalue weighted by molar-refractivity contribution is 5.86. The topological polar surface area (TPSA) is 110 Å². The summed E-state index contributed by atoms with van der Waals surface area (Å²) in [6.45, 7) is 4.56. The first-order valence-corrected chi connectivity index (χ1v) is 9.58. The van der Waals surface area contributed by atoms with E-state index in [1.165, 1.54) is 10.6 Å². The second-order valence-corrected chi connectivity index (χ2v) is 6.72. The highest BCUT2D eigenvalue weighted by Gasteiger charge is 2.18. The van der Waals surface area contributed by atoms with E-state index in [1.54, 1.807) is 25.2 Å². The third-order valence-corrected chi connectivity index (χ3v) is 4.48. The molecule has 0 aliphatic heterocycles. The van der Waals surface area contributed by atoms with Crippen molar-refractivity contribution < 1.29 is 14.6 Å².